The third-order valence-corrected chi connectivity index (χ3v) is 4.41. The lowest BCUT2D eigenvalue weighted by atomic mass is 9.97. The largest absolute Gasteiger partial charge is 0.481 e. The van der Waals surface area contributed by atoms with Crippen molar-refractivity contribution < 1.29 is 19.1 Å². The van der Waals surface area contributed by atoms with Gasteiger partial charge in [-0.3, -0.25) is 4.79 Å². The van der Waals surface area contributed by atoms with E-state index in [2.05, 4.69) is 19.2 Å². The highest BCUT2D eigenvalue weighted by Gasteiger charge is 2.18. The molecule has 0 radical (unpaired) electrons. The molecule has 1 amide bonds. The van der Waals surface area contributed by atoms with Gasteiger partial charge in [-0.15, -0.1) is 0 Å². The predicted molar refractivity (Wildman–Crippen MR) is 106 cm³/mol. The standard InChI is InChI=1S/C22H27NO4/c1-5-15(3)19-9-7-8-10-20(19)23-21(24)16(4)27-18-13-11-17(12-14-18)22(25)26-6-2/h7-16H,5-6H2,1-4H3,(H,23,24)/t15-,16+/m1/s1. The summed E-state index contributed by atoms with van der Waals surface area (Å²) in [6.07, 6.45) is 0.314. The first kappa shape index (κ1) is 20.5. The van der Waals surface area contributed by atoms with Gasteiger partial charge in [0.2, 0.25) is 0 Å². The Labute approximate surface area is 160 Å². The zero-order valence-electron chi connectivity index (χ0n) is 16.3. The molecular formula is C22H27NO4. The number of carbonyl (C=O) groups is 2. The van der Waals surface area contributed by atoms with E-state index in [-0.39, 0.29) is 11.9 Å². The van der Waals surface area contributed by atoms with Crippen LogP contribution >= 0.6 is 0 Å². The van der Waals surface area contributed by atoms with E-state index in [9.17, 15) is 9.59 Å². The number of anilines is 1. The first-order valence-electron chi connectivity index (χ1n) is 9.29. The normalized spacial score (nSPS) is 12.7. The Morgan fingerprint density at radius 3 is 2.30 bits per heavy atom. The highest BCUT2D eigenvalue weighted by Crippen LogP contribution is 2.26. The van der Waals surface area contributed by atoms with Crippen molar-refractivity contribution in [1.82, 2.24) is 0 Å². The first-order chi connectivity index (χ1) is 13.0. The van der Waals surface area contributed by atoms with E-state index >= 15 is 0 Å². The van der Waals surface area contributed by atoms with Crippen LogP contribution < -0.4 is 10.1 Å². The van der Waals surface area contributed by atoms with Gasteiger partial charge in [-0.2, -0.15) is 0 Å². The van der Waals surface area contributed by atoms with Crippen molar-refractivity contribution >= 4 is 17.6 Å². The molecule has 0 aliphatic heterocycles. The van der Waals surface area contributed by atoms with Crippen molar-refractivity contribution in [2.45, 2.75) is 46.1 Å². The molecule has 1 N–H and O–H groups in total. The van der Waals surface area contributed by atoms with Crippen LogP contribution in [0.2, 0.25) is 0 Å². The molecule has 2 aromatic carbocycles. The van der Waals surface area contributed by atoms with Crippen molar-refractivity contribution in [3.63, 3.8) is 0 Å². The molecular weight excluding hydrogens is 342 g/mol. The van der Waals surface area contributed by atoms with Crippen LogP contribution in [0.4, 0.5) is 5.69 Å². The Morgan fingerprint density at radius 1 is 1.00 bits per heavy atom. The van der Waals surface area contributed by atoms with E-state index in [1.54, 1.807) is 38.1 Å². The van der Waals surface area contributed by atoms with E-state index < -0.39 is 6.10 Å². The summed E-state index contributed by atoms with van der Waals surface area (Å²) in [6.45, 7) is 8.03. The molecule has 0 unspecified atom stereocenters. The van der Waals surface area contributed by atoms with Gasteiger partial charge in [0, 0.05) is 5.69 Å². The van der Waals surface area contributed by atoms with Gasteiger partial charge in [0.1, 0.15) is 5.75 Å². The Hall–Kier alpha value is -2.82. The zero-order valence-corrected chi connectivity index (χ0v) is 16.3. The Kier molecular flexibility index (Phi) is 7.41. The number of hydrogen-bond donors (Lipinski definition) is 1. The van der Waals surface area contributed by atoms with Gasteiger partial charge in [-0.25, -0.2) is 4.79 Å². The van der Waals surface area contributed by atoms with Crippen LogP contribution in [0.1, 0.15) is 56.0 Å². The lowest BCUT2D eigenvalue weighted by Crippen LogP contribution is -2.30. The molecule has 2 rings (SSSR count). The molecule has 0 aromatic heterocycles. The van der Waals surface area contributed by atoms with E-state index in [0.717, 1.165) is 17.7 Å². The van der Waals surface area contributed by atoms with Crippen LogP contribution in [0.3, 0.4) is 0 Å². The molecule has 5 heteroatoms. The fourth-order valence-electron chi connectivity index (χ4n) is 2.64. The third kappa shape index (κ3) is 5.58. The summed E-state index contributed by atoms with van der Waals surface area (Å²) in [4.78, 5) is 24.2. The topological polar surface area (TPSA) is 64.6 Å². The third-order valence-electron chi connectivity index (χ3n) is 4.41. The van der Waals surface area contributed by atoms with Crippen LogP contribution in [0.25, 0.3) is 0 Å². The molecule has 0 spiro atoms. The molecule has 2 aromatic rings. The fraction of sp³-hybridized carbons (Fsp3) is 0.364. The first-order valence-corrected chi connectivity index (χ1v) is 9.29. The molecule has 5 nitrogen and oxygen atoms in total. The maximum absolute atomic E-state index is 12.5. The number of rotatable bonds is 8. The summed E-state index contributed by atoms with van der Waals surface area (Å²) >= 11 is 0. The SMILES string of the molecule is CCOC(=O)c1ccc(O[C@@H](C)C(=O)Nc2ccccc2[C@H](C)CC)cc1. The minimum Gasteiger partial charge on any atom is -0.481 e. The predicted octanol–water partition coefficient (Wildman–Crippen LogP) is 4.78. The van der Waals surface area contributed by atoms with Crippen LogP contribution in [0.5, 0.6) is 5.75 Å². The van der Waals surface area contributed by atoms with Crippen molar-refractivity contribution in [2.75, 3.05) is 11.9 Å². The van der Waals surface area contributed by atoms with Crippen LogP contribution in [0, 0.1) is 0 Å². The minimum absolute atomic E-state index is 0.222. The van der Waals surface area contributed by atoms with Crippen molar-refractivity contribution in [1.29, 1.82) is 0 Å². The van der Waals surface area contributed by atoms with Gasteiger partial charge in [-0.05, 0) is 62.1 Å². The lowest BCUT2D eigenvalue weighted by Gasteiger charge is -2.18. The van der Waals surface area contributed by atoms with Crippen molar-refractivity contribution in [3.05, 3.63) is 59.7 Å². The summed E-state index contributed by atoms with van der Waals surface area (Å²) < 4.78 is 10.7. The van der Waals surface area contributed by atoms with E-state index in [0.29, 0.717) is 23.8 Å². The molecule has 2 atom stereocenters. The van der Waals surface area contributed by atoms with Gasteiger partial charge in [-0.1, -0.05) is 32.0 Å². The number of esters is 1. The number of ether oxygens (including phenoxy) is 2. The summed E-state index contributed by atoms with van der Waals surface area (Å²) in [5.41, 5.74) is 2.37. The molecule has 0 saturated heterocycles. The second kappa shape index (κ2) is 9.76. The molecule has 0 heterocycles. The van der Waals surface area contributed by atoms with Gasteiger partial charge in [0.25, 0.3) is 5.91 Å². The average molecular weight is 369 g/mol. The molecule has 0 saturated carbocycles. The highest BCUT2D eigenvalue weighted by atomic mass is 16.5. The van der Waals surface area contributed by atoms with Crippen molar-refractivity contribution in [2.24, 2.45) is 0 Å². The van der Waals surface area contributed by atoms with E-state index in [1.807, 2.05) is 24.3 Å². The van der Waals surface area contributed by atoms with Crippen molar-refractivity contribution in [3.8, 4) is 5.75 Å². The second-order valence-electron chi connectivity index (χ2n) is 6.39. The number of amides is 1. The zero-order chi connectivity index (χ0) is 19.8. The van der Waals surface area contributed by atoms with Gasteiger partial charge in [0.05, 0.1) is 12.2 Å². The molecule has 27 heavy (non-hydrogen) atoms. The second-order valence-corrected chi connectivity index (χ2v) is 6.39. The Bertz CT molecular complexity index is 770. The van der Waals surface area contributed by atoms with E-state index in [4.69, 9.17) is 9.47 Å². The van der Waals surface area contributed by atoms with Gasteiger partial charge >= 0.3 is 5.97 Å². The smallest absolute Gasteiger partial charge is 0.338 e. The highest BCUT2D eigenvalue weighted by molar-refractivity contribution is 5.95. The van der Waals surface area contributed by atoms with Crippen LogP contribution in [-0.4, -0.2) is 24.6 Å². The lowest BCUT2D eigenvalue weighted by molar-refractivity contribution is -0.122. The minimum atomic E-state index is -0.677. The molecule has 0 aliphatic carbocycles. The molecule has 0 aliphatic rings. The molecule has 0 bridgehead atoms. The number of hydrogen-bond acceptors (Lipinski definition) is 4. The van der Waals surface area contributed by atoms with Gasteiger partial charge < -0.3 is 14.8 Å². The summed E-state index contributed by atoms with van der Waals surface area (Å²) in [5.74, 6) is 0.269. The average Bonchev–Trinajstić information content (AvgIpc) is 2.68. The Balaban J connectivity index is 2.01. The summed E-state index contributed by atoms with van der Waals surface area (Å²) in [5, 5.41) is 2.95. The number of benzene rings is 2. The number of carbonyl (C=O) groups excluding carboxylic acids is 2. The fourth-order valence-corrected chi connectivity index (χ4v) is 2.64. The number of para-hydroxylation sites is 1. The van der Waals surface area contributed by atoms with E-state index in [1.165, 1.54) is 0 Å². The summed E-state index contributed by atoms with van der Waals surface area (Å²) in [7, 11) is 0. The monoisotopic (exact) mass is 369 g/mol. The maximum Gasteiger partial charge on any atom is 0.338 e. The van der Waals surface area contributed by atoms with Gasteiger partial charge in [0.15, 0.2) is 6.10 Å². The van der Waals surface area contributed by atoms with Crippen LogP contribution in [0.15, 0.2) is 48.5 Å². The summed E-state index contributed by atoms with van der Waals surface area (Å²) in [6, 6.07) is 14.4. The Morgan fingerprint density at radius 2 is 1.67 bits per heavy atom. The quantitative estimate of drug-likeness (QED) is 0.680. The van der Waals surface area contributed by atoms with Crippen LogP contribution in [-0.2, 0) is 9.53 Å². The molecule has 0 fully saturated rings. The molecule has 144 valence electrons. The number of nitrogens with one attached hydrogen (secondary N) is 1. The maximum atomic E-state index is 12.5.